The van der Waals surface area contributed by atoms with Gasteiger partial charge in [-0.05, 0) is 53.5 Å². The van der Waals surface area contributed by atoms with E-state index < -0.39 is 24.2 Å². The van der Waals surface area contributed by atoms with Crippen molar-refractivity contribution in [2.45, 2.75) is 0 Å². The van der Waals surface area contributed by atoms with Gasteiger partial charge in [-0.2, -0.15) is 0 Å². The number of rotatable bonds is 3. The summed E-state index contributed by atoms with van der Waals surface area (Å²) in [5.41, 5.74) is 3.57. The molecule has 0 aliphatic rings. The van der Waals surface area contributed by atoms with Crippen LogP contribution in [0.3, 0.4) is 0 Å². The Balaban J connectivity index is 1.69. The molecule has 38 heavy (non-hydrogen) atoms. The SMILES string of the molecule is [2H]c1c([2H])c([2H])c2c(c1[2H])c1c(c([2H])c([2H])c3c4c([2H])c([2H])c([2H])c([2H])c4n(-c4ccc(-c5ccccc5)cc4)c31)n2-c1ccccc1. The first-order chi connectivity index (χ1) is 23.0. The molecule has 2 heteroatoms. The lowest BCUT2D eigenvalue weighted by Crippen LogP contribution is -1.95. The Morgan fingerprint density at radius 3 is 1.74 bits per heavy atom. The summed E-state index contributed by atoms with van der Waals surface area (Å²) in [6, 6.07) is 22.3. The fourth-order valence-corrected chi connectivity index (χ4v) is 5.35. The summed E-state index contributed by atoms with van der Waals surface area (Å²) >= 11 is 0. The van der Waals surface area contributed by atoms with Crippen LogP contribution in [0.5, 0.6) is 0 Å². The van der Waals surface area contributed by atoms with Gasteiger partial charge in [-0.3, -0.25) is 0 Å². The molecular weight excluding hydrogens is 460 g/mol. The molecule has 8 aromatic rings. The second-order valence-corrected chi connectivity index (χ2v) is 9.06. The maximum atomic E-state index is 9.36. The van der Waals surface area contributed by atoms with Crippen LogP contribution >= 0.6 is 0 Å². The van der Waals surface area contributed by atoms with Crippen molar-refractivity contribution in [2.24, 2.45) is 0 Å². The average molecular weight is 495 g/mol. The van der Waals surface area contributed by atoms with Crippen molar-refractivity contribution in [1.82, 2.24) is 9.13 Å². The first-order valence-corrected chi connectivity index (χ1v) is 12.2. The molecule has 2 heterocycles. The van der Waals surface area contributed by atoms with Crippen molar-refractivity contribution in [3.63, 3.8) is 0 Å². The molecule has 0 saturated heterocycles. The monoisotopic (exact) mass is 494 g/mol. The molecular formula is C36H24N2. The van der Waals surface area contributed by atoms with E-state index in [1.165, 1.54) is 0 Å². The minimum atomic E-state index is -0.481. The number of nitrogens with zero attached hydrogens (tertiary/aromatic N) is 2. The quantitative estimate of drug-likeness (QED) is 0.231. The molecule has 0 amide bonds. The van der Waals surface area contributed by atoms with Crippen LogP contribution in [0.4, 0.5) is 0 Å². The van der Waals surface area contributed by atoms with E-state index in [1.807, 2.05) is 60.7 Å². The summed E-state index contributed by atoms with van der Waals surface area (Å²) in [6.07, 6.45) is 0. The third-order valence-electron chi connectivity index (χ3n) is 6.99. The van der Waals surface area contributed by atoms with Crippen molar-refractivity contribution < 1.29 is 13.7 Å². The zero-order chi connectivity index (χ0) is 33.8. The number of para-hydroxylation sites is 3. The van der Waals surface area contributed by atoms with Crippen LogP contribution in [0.2, 0.25) is 0 Å². The van der Waals surface area contributed by atoms with E-state index in [9.17, 15) is 2.74 Å². The Labute approximate surface area is 234 Å². The fourth-order valence-electron chi connectivity index (χ4n) is 5.35. The minimum absolute atomic E-state index is 0.0602. The van der Waals surface area contributed by atoms with E-state index in [4.69, 9.17) is 11.0 Å². The van der Waals surface area contributed by atoms with Crippen LogP contribution in [0.25, 0.3) is 66.1 Å². The molecule has 0 bridgehead atoms. The van der Waals surface area contributed by atoms with E-state index in [1.54, 1.807) is 33.4 Å². The van der Waals surface area contributed by atoms with Crippen molar-refractivity contribution in [3.8, 4) is 22.5 Å². The molecule has 0 radical (unpaired) electrons. The highest BCUT2D eigenvalue weighted by molar-refractivity contribution is 6.26. The Morgan fingerprint density at radius 2 is 1.00 bits per heavy atom. The molecule has 0 saturated carbocycles. The van der Waals surface area contributed by atoms with E-state index in [0.29, 0.717) is 11.4 Å². The van der Waals surface area contributed by atoms with Crippen LogP contribution in [-0.4, -0.2) is 9.13 Å². The lowest BCUT2D eigenvalue weighted by atomic mass is 10.1. The summed E-state index contributed by atoms with van der Waals surface area (Å²) in [4.78, 5) is 0. The van der Waals surface area contributed by atoms with Gasteiger partial charge in [0.05, 0.1) is 35.8 Å². The second kappa shape index (κ2) is 8.22. The normalized spacial score (nSPS) is 15.4. The van der Waals surface area contributed by atoms with Gasteiger partial charge in [-0.1, -0.05) is 103 Å². The molecule has 0 fully saturated rings. The summed E-state index contributed by atoms with van der Waals surface area (Å²) in [6.45, 7) is 0. The number of hydrogen-bond donors (Lipinski definition) is 0. The first-order valence-electron chi connectivity index (χ1n) is 17.2. The van der Waals surface area contributed by atoms with Crippen molar-refractivity contribution >= 4 is 43.6 Å². The van der Waals surface area contributed by atoms with E-state index in [2.05, 4.69) is 0 Å². The Kier molecular flexibility index (Phi) is 2.91. The topological polar surface area (TPSA) is 9.86 Å². The lowest BCUT2D eigenvalue weighted by Gasteiger charge is -2.11. The van der Waals surface area contributed by atoms with Gasteiger partial charge in [0.1, 0.15) is 0 Å². The van der Waals surface area contributed by atoms with Gasteiger partial charge in [0, 0.05) is 32.9 Å². The standard InChI is InChI=1S/C36H24N2/c1-3-11-25(12-4-1)26-19-21-28(22-20-26)38-32-17-9-7-15-29(32)30-23-24-34-35(36(30)38)31-16-8-10-18-33(31)37(34)27-13-5-2-6-14-27/h1-24H/i7D,8D,9D,10D,15D,16D,17D,18D,23D,24D. The van der Waals surface area contributed by atoms with Gasteiger partial charge in [0.2, 0.25) is 0 Å². The molecule has 0 spiro atoms. The molecule has 0 aliphatic carbocycles. The zero-order valence-electron chi connectivity index (χ0n) is 30.0. The molecule has 0 N–H and O–H groups in total. The summed E-state index contributed by atoms with van der Waals surface area (Å²) in [5.74, 6) is 0. The smallest absolute Gasteiger partial charge is 0.0645 e. The summed E-state index contributed by atoms with van der Waals surface area (Å²) in [5, 5.41) is 0.529. The lowest BCUT2D eigenvalue weighted by molar-refractivity contribution is 1.17. The van der Waals surface area contributed by atoms with Gasteiger partial charge in [-0.25, -0.2) is 0 Å². The predicted molar refractivity (Wildman–Crippen MR) is 161 cm³/mol. The number of aromatic nitrogens is 2. The Hall–Kier alpha value is -5.08. The van der Waals surface area contributed by atoms with Crippen LogP contribution in [0, 0.1) is 0 Å². The highest BCUT2D eigenvalue weighted by Gasteiger charge is 2.20. The first kappa shape index (κ1) is 13.5. The summed E-state index contributed by atoms with van der Waals surface area (Å²) < 4.78 is 92.3. The van der Waals surface area contributed by atoms with E-state index in [-0.39, 0.29) is 79.9 Å². The number of benzene rings is 6. The number of fused-ring (bicyclic) bond motifs is 7. The third-order valence-corrected chi connectivity index (χ3v) is 6.99. The molecule has 0 atom stereocenters. The summed E-state index contributed by atoms with van der Waals surface area (Å²) in [7, 11) is 0. The van der Waals surface area contributed by atoms with Crippen molar-refractivity contribution in [2.75, 3.05) is 0 Å². The van der Waals surface area contributed by atoms with Crippen LogP contribution in [0.1, 0.15) is 13.7 Å². The highest BCUT2D eigenvalue weighted by Crippen LogP contribution is 2.41. The fraction of sp³-hybridized carbons (Fsp3) is 0. The van der Waals surface area contributed by atoms with Crippen molar-refractivity contribution in [3.05, 3.63) is 145 Å². The molecule has 2 aromatic heterocycles. The predicted octanol–water partition coefficient (Wildman–Crippen LogP) is 9.55. The van der Waals surface area contributed by atoms with Gasteiger partial charge in [0.15, 0.2) is 0 Å². The van der Waals surface area contributed by atoms with Gasteiger partial charge < -0.3 is 9.13 Å². The van der Waals surface area contributed by atoms with Crippen LogP contribution in [-0.2, 0) is 0 Å². The highest BCUT2D eigenvalue weighted by atomic mass is 15.0. The molecule has 6 aromatic carbocycles. The maximum Gasteiger partial charge on any atom is 0.0645 e. The third kappa shape index (κ3) is 3.01. The van der Waals surface area contributed by atoms with E-state index in [0.717, 1.165) is 11.1 Å². The largest absolute Gasteiger partial charge is 0.309 e. The van der Waals surface area contributed by atoms with Gasteiger partial charge in [-0.15, -0.1) is 0 Å². The molecule has 178 valence electrons. The molecule has 0 aliphatic heterocycles. The second-order valence-electron chi connectivity index (χ2n) is 9.06. The van der Waals surface area contributed by atoms with Crippen molar-refractivity contribution in [1.29, 1.82) is 0 Å². The molecule has 0 unspecified atom stereocenters. The number of hydrogen-bond acceptors (Lipinski definition) is 0. The average Bonchev–Trinajstić information content (AvgIpc) is 3.66. The maximum absolute atomic E-state index is 9.36. The van der Waals surface area contributed by atoms with Crippen LogP contribution < -0.4 is 0 Å². The zero-order valence-corrected chi connectivity index (χ0v) is 20.0. The molecule has 2 nitrogen and oxygen atoms in total. The molecule has 8 rings (SSSR count). The van der Waals surface area contributed by atoms with Gasteiger partial charge >= 0.3 is 0 Å². The Morgan fingerprint density at radius 1 is 0.421 bits per heavy atom. The Bertz CT molecular complexity index is 2640. The van der Waals surface area contributed by atoms with Gasteiger partial charge in [0.25, 0.3) is 0 Å². The minimum Gasteiger partial charge on any atom is -0.309 e. The van der Waals surface area contributed by atoms with E-state index >= 15 is 0 Å². The van der Waals surface area contributed by atoms with Crippen LogP contribution in [0.15, 0.2) is 145 Å².